The summed E-state index contributed by atoms with van der Waals surface area (Å²) in [4.78, 5) is 8.10. The smallest absolute Gasteiger partial charge is 0.185 e. The summed E-state index contributed by atoms with van der Waals surface area (Å²) in [5.41, 5.74) is 0.695. The lowest BCUT2D eigenvalue weighted by atomic mass is 9.89. The minimum Gasteiger partial charge on any atom is -0.270 e. The fourth-order valence-electron chi connectivity index (χ4n) is 2.58. The molecule has 0 N–H and O–H groups in total. The second-order valence-corrected chi connectivity index (χ2v) is 5.11. The van der Waals surface area contributed by atoms with E-state index in [9.17, 15) is 0 Å². The molecule has 1 aliphatic carbocycles. The lowest BCUT2D eigenvalue weighted by Crippen LogP contribution is -2.14. The van der Waals surface area contributed by atoms with Crippen LogP contribution in [0.15, 0.2) is 12.5 Å². The summed E-state index contributed by atoms with van der Waals surface area (Å²) < 4.78 is 1.97. The van der Waals surface area contributed by atoms with Crippen molar-refractivity contribution in [1.82, 2.24) is 19.7 Å². The van der Waals surface area contributed by atoms with Gasteiger partial charge in [-0.3, -0.25) is 4.68 Å². The first-order valence-corrected chi connectivity index (χ1v) is 6.54. The molecule has 0 atom stereocenters. The normalized spacial score (nSPS) is 17.7. The van der Waals surface area contributed by atoms with Gasteiger partial charge in [-0.25, -0.2) is 9.97 Å². The van der Waals surface area contributed by atoms with Crippen molar-refractivity contribution in [2.75, 3.05) is 0 Å². The van der Waals surface area contributed by atoms with Crippen LogP contribution in [-0.4, -0.2) is 19.7 Å². The fraction of sp³-hybridized carbons (Fsp3) is 0.583. The summed E-state index contributed by atoms with van der Waals surface area (Å²) in [6.07, 6.45) is 10.1. The molecule has 1 saturated carbocycles. The van der Waals surface area contributed by atoms with Crippen LogP contribution in [0.2, 0.25) is 5.15 Å². The molecule has 17 heavy (non-hydrogen) atoms. The Kier molecular flexibility index (Phi) is 2.97. The van der Waals surface area contributed by atoms with Gasteiger partial charge in [-0.1, -0.05) is 30.9 Å². The fourth-order valence-corrected chi connectivity index (χ4v) is 2.76. The Hall–Kier alpha value is -1.16. The quantitative estimate of drug-likeness (QED) is 0.770. The first kappa shape index (κ1) is 11.0. The summed E-state index contributed by atoms with van der Waals surface area (Å²) in [5, 5.41) is 5.79. The van der Waals surface area contributed by atoms with E-state index in [0.717, 1.165) is 17.8 Å². The molecule has 0 bridgehead atoms. The van der Waals surface area contributed by atoms with E-state index < -0.39 is 0 Å². The second-order valence-electron chi connectivity index (χ2n) is 4.76. The third-order valence-corrected chi connectivity index (χ3v) is 3.79. The van der Waals surface area contributed by atoms with Crippen LogP contribution in [0.1, 0.15) is 32.1 Å². The maximum atomic E-state index is 6.01. The average molecular weight is 251 g/mol. The Bertz CT molecular complexity index is 516. The zero-order chi connectivity index (χ0) is 11.7. The van der Waals surface area contributed by atoms with Crippen LogP contribution >= 0.6 is 11.6 Å². The van der Waals surface area contributed by atoms with E-state index in [1.54, 1.807) is 0 Å². The topological polar surface area (TPSA) is 43.6 Å². The summed E-state index contributed by atoms with van der Waals surface area (Å²) in [6, 6.07) is 0. The maximum Gasteiger partial charge on any atom is 0.185 e. The number of hydrogen-bond donors (Lipinski definition) is 0. The van der Waals surface area contributed by atoms with Crippen LogP contribution in [-0.2, 0) is 6.54 Å². The third kappa shape index (κ3) is 2.27. The average Bonchev–Trinajstić information content (AvgIpc) is 2.74. The minimum absolute atomic E-state index is 0.491. The molecular weight excluding hydrogens is 236 g/mol. The Morgan fingerprint density at radius 2 is 2.06 bits per heavy atom. The number of rotatable bonds is 2. The lowest BCUT2D eigenvalue weighted by molar-refractivity contribution is 0.309. The number of halogens is 1. The molecule has 0 radical (unpaired) electrons. The van der Waals surface area contributed by atoms with Crippen molar-refractivity contribution in [3.05, 3.63) is 17.7 Å². The number of aromatic nitrogens is 4. The molecule has 0 spiro atoms. The van der Waals surface area contributed by atoms with Gasteiger partial charge < -0.3 is 0 Å². The van der Waals surface area contributed by atoms with Crippen molar-refractivity contribution in [2.24, 2.45) is 5.92 Å². The van der Waals surface area contributed by atoms with E-state index in [1.807, 2.05) is 10.9 Å². The number of nitrogens with zero attached hydrogens (tertiary/aromatic N) is 4. The molecule has 2 aromatic heterocycles. The van der Waals surface area contributed by atoms with Gasteiger partial charge in [-0.05, 0) is 18.8 Å². The van der Waals surface area contributed by atoms with Crippen LogP contribution in [0, 0.1) is 5.92 Å². The van der Waals surface area contributed by atoms with Crippen LogP contribution in [0.25, 0.3) is 11.0 Å². The Morgan fingerprint density at radius 3 is 2.82 bits per heavy atom. The minimum atomic E-state index is 0.491. The highest BCUT2D eigenvalue weighted by atomic mass is 35.5. The molecule has 90 valence electrons. The van der Waals surface area contributed by atoms with E-state index >= 15 is 0 Å². The third-order valence-electron chi connectivity index (χ3n) is 3.49. The Balaban J connectivity index is 1.83. The zero-order valence-corrected chi connectivity index (χ0v) is 10.4. The summed E-state index contributed by atoms with van der Waals surface area (Å²) >= 11 is 6.01. The number of hydrogen-bond acceptors (Lipinski definition) is 3. The first-order chi connectivity index (χ1) is 8.33. The molecule has 0 unspecified atom stereocenters. The van der Waals surface area contributed by atoms with Crippen molar-refractivity contribution in [1.29, 1.82) is 0 Å². The first-order valence-electron chi connectivity index (χ1n) is 6.16. The van der Waals surface area contributed by atoms with Crippen LogP contribution in [0.3, 0.4) is 0 Å². The van der Waals surface area contributed by atoms with Gasteiger partial charge in [0.05, 0.1) is 5.39 Å². The molecule has 4 nitrogen and oxygen atoms in total. The molecular formula is C12H15ClN4. The molecule has 1 fully saturated rings. The van der Waals surface area contributed by atoms with Crippen LogP contribution in [0.4, 0.5) is 0 Å². The van der Waals surface area contributed by atoms with Gasteiger partial charge in [0.15, 0.2) is 5.65 Å². The van der Waals surface area contributed by atoms with Gasteiger partial charge >= 0.3 is 0 Å². The highest BCUT2D eigenvalue weighted by molar-refractivity contribution is 6.33. The molecule has 0 amide bonds. The predicted molar refractivity (Wildman–Crippen MR) is 66.9 cm³/mol. The van der Waals surface area contributed by atoms with Crippen molar-refractivity contribution in [2.45, 2.75) is 38.6 Å². The maximum absolute atomic E-state index is 6.01. The van der Waals surface area contributed by atoms with Crippen molar-refractivity contribution >= 4 is 22.6 Å². The van der Waals surface area contributed by atoms with Gasteiger partial charge in [-0.15, -0.1) is 0 Å². The molecule has 1 aliphatic rings. The largest absolute Gasteiger partial charge is 0.270 e. The second kappa shape index (κ2) is 4.61. The molecule has 3 rings (SSSR count). The SMILES string of the molecule is Clc1ncnc2nn(CC3CCCCC3)cc12. The Labute approximate surface area is 105 Å². The predicted octanol–water partition coefficient (Wildman–Crippen LogP) is 3.06. The lowest BCUT2D eigenvalue weighted by Gasteiger charge is -2.21. The highest BCUT2D eigenvalue weighted by Gasteiger charge is 2.15. The van der Waals surface area contributed by atoms with Gasteiger partial charge in [0.1, 0.15) is 11.5 Å². The molecule has 2 aromatic rings. The standard InChI is InChI=1S/C12H15ClN4/c13-11-10-7-17(16-12(10)15-8-14-11)6-9-4-2-1-3-5-9/h7-9H,1-6H2. The summed E-state index contributed by atoms with van der Waals surface area (Å²) in [6.45, 7) is 0.979. The van der Waals surface area contributed by atoms with E-state index in [2.05, 4.69) is 15.1 Å². The summed E-state index contributed by atoms with van der Waals surface area (Å²) in [7, 11) is 0. The van der Waals surface area contributed by atoms with Gasteiger partial charge in [0.2, 0.25) is 0 Å². The Morgan fingerprint density at radius 1 is 1.24 bits per heavy atom. The van der Waals surface area contributed by atoms with E-state index in [-0.39, 0.29) is 0 Å². The van der Waals surface area contributed by atoms with E-state index in [0.29, 0.717) is 10.8 Å². The van der Waals surface area contributed by atoms with E-state index in [1.165, 1.54) is 38.4 Å². The highest BCUT2D eigenvalue weighted by Crippen LogP contribution is 2.26. The monoisotopic (exact) mass is 250 g/mol. The molecule has 5 heteroatoms. The van der Waals surface area contributed by atoms with E-state index in [4.69, 9.17) is 11.6 Å². The van der Waals surface area contributed by atoms with Crippen molar-refractivity contribution in [3.8, 4) is 0 Å². The van der Waals surface area contributed by atoms with Gasteiger partial charge in [0, 0.05) is 12.7 Å². The molecule has 0 aliphatic heterocycles. The van der Waals surface area contributed by atoms with Crippen LogP contribution < -0.4 is 0 Å². The molecule has 0 aromatic carbocycles. The van der Waals surface area contributed by atoms with Crippen LogP contribution in [0.5, 0.6) is 0 Å². The van der Waals surface area contributed by atoms with Gasteiger partial charge in [0.25, 0.3) is 0 Å². The molecule has 2 heterocycles. The summed E-state index contributed by atoms with van der Waals surface area (Å²) in [5.74, 6) is 0.754. The van der Waals surface area contributed by atoms with Crippen molar-refractivity contribution < 1.29 is 0 Å². The zero-order valence-electron chi connectivity index (χ0n) is 9.64. The van der Waals surface area contributed by atoms with Gasteiger partial charge in [-0.2, -0.15) is 5.10 Å². The molecule has 0 saturated heterocycles. The number of fused-ring (bicyclic) bond motifs is 1. The van der Waals surface area contributed by atoms with Crippen molar-refractivity contribution in [3.63, 3.8) is 0 Å².